The maximum Gasteiger partial charge on any atom is 0.309 e. The van der Waals surface area contributed by atoms with E-state index in [1.807, 2.05) is 0 Å². The third kappa shape index (κ3) is 3.00. The average molecular weight is 342 g/mol. The molecular weight excluding hydrogens is 327 g/mol. The Morgan fingerprint density at radius 3 is 2.48 bits per heavy atom. The fraction of sp³-hybridized carbons (Fsp3) is 0.429. The molecule has 0 bridgehead atoms. The third-order valence-electron chi connectivity index (χ3n) is 3.70. The first kappa shape index (κ1) is 17.2. The van der Waals surface area contributed by atoms with Gasteiger partial charge in [-0.1, -0.05) is 0 Å². The van der Waals surface area contributed by atoms with Gasteiger partial charge in [0.1, 0.15) is 0 Å². The van der Waals surface area contributed by atoms with E-state index in [4.69, 9.17) is 0 Å². The molecule has 7 nitrogen and oxygen atoms in total. The molecule has 0 aliphatic heterocycles. The van der Waals surface area contributed by atoms with E-state index in [-0.39, 0.29) is 23.3 Å². The van der Waals surface area contributed by atoms with Gasteiger partial charge in [0.25, 0.3) is 0 Å². The number of methoxy groups -OCH3 is 1. The topological polar surface area (TPSA) is 98.5 Å². The van der Waals surface area contributed by atoms with E-state index in [9.17, 15) is 24.1 Å². The molecule has 0 fully saturated rings. The van der Waals surface area contributed by atoms with E-state index < -0.39 is 39.9 Å². The summed E-state index contributed by atoms with van der Waals surface area (Å²) in [7, 11) is 1.24. The SMILES string of the molecule is COC(=O)C1Cc2c(F)c(NC(C)=O)c([N+](=O)[O-])c(SC)c2C1. The number of amides is 1. The summed E-state index contributed by atoms with van der Waals surface area (Å²) in [5.74, 6) is -2.54. The number of thioether (sulfide) groups is 1. The van der Waals surface area contributed by atoms with Crippen LogP contribution in [0.15, 0.2) is 4.90 Å². The number of rotatable bonds is 4. The van der Waals surface area contributed by atoms with Crippen molar-refractivity contribution in [1.82, 2.24) is 0 Å². The first-order valence-corrected chi connectivity index (χ1v) is 7.95. The van der Waals surface area contributed by atoms with Crippen molar-refractivity contribution in [2.75, 3.05) is 18.7 Å². The second-order valence-corrected chi connectivity index (χ2v) is 5.91. The fourth-order valence-corrected chi connectivity index (χ4v) is 3.61. The van der Waals surface area contributed by atoms with Gasteiger partial charge in [-0.25, -0.2) is 4.39 Å². The molecule has 2 rings (SSSR count). The van der Waals surface area contributed by atoms with Crippen LogP contribution in [0.4, 0.5) is 15.8 Å². The van der Waals surface area contributed by atoms with Gasteiger partial charge in [-0.3, -0.25) is 19.7 Å². The monoisotopic (exact) mass is 342 g/mol. The Kier molecular flexibility index (Phi) is 4.88. The summed E-state index contributed by atoms with van der Waals surface area (Å²) in [6.45, 7) is 1.15. The number of benzene rings is 1. The molecule has 1 aliphatic carbocycles. The van der Waals surface area contributed by atoms with Gasteiger partial charge in [-0.05, 0) is 30.2 Å². The minimum absolute atomic E-state index is 0.0893. The Labute approximate surface area is 135 Å². The van der Waals surface area contributed by atoms with Crippen LogP contribution in [0.2, 0.25) is 0 Å². The molecule has 9 heteroatoms. The molecular formula is C14H15FN2O5S. The molecule has 23 heavy (non-hydrogen) atoms. The van der Waals surface area contributed by atoms with E-state index in [2.05, 4.69) is 10.1 Å². The zero-order chi connectivity index (χ0) is 17.3. The van der Waals surface area contributed by atoms with Crippen molar-refractivity contribution in [1.29, 1.82) is 0 Å². The van der Waals surface area contributed by atoms with Crippen molar-refractivity contribution in [3.05, 3.63) is 27.1 Å². The normalized spacial score (nSPS) is 15.9. The van der Waals surface area contributed by atoms with Crippen LogP contribution in [0, 0.1) is 21.8 Å². The number of carbonyl (C=O) groups excluding carboxylic acids is 2. The summed E-state index contributed by atoms with van der Waals surface area (Å²) in [6.07, 6.45) is 1.89. The van der Waals surface area contributed by atoms with Crippen LogP contribution < -0.4 is 5.32 Å². The van der Waals surface area contributed by atoms with Crippen LogP contribution in [0.25, 0.3) is 0 Å². The van der Waals surface area contributed by atoms with E-state index >= 15 is 0 Å². The number of carbonyl (C=O) groups is 2. The zero-order valence-corrected chi connectivity index (χ0v) is 13.6. The number of hydrogen-bond donors (Lipinski definition) is 1. The maximum absolute atomic E-state index is 14.7. The number of hydrogen-bond acceptors (Lipinski definition) is 6. The summed E-state index contributed by atoms with van der Waals surface area (Å²) >= 11 is 1.09. The lowest BCUT2D eigenvalue weighted by Gasteiger charge is -2.13. The Bertz CT molecular complexity index is 707. The van der Waals surface area contributed by atoms with Crippen LogP contribution in [0.3, 0.4) is 0 Å². The van der Waals surface area contributed by atoms with Gasteiger partial charge < -0.3 is 10.1 Å². The van der Waals surface area contributed by atoms with Gasteiger partial charge in [0.2, 0.25) is 5.91 Å². The van der Waals surface area contributed by atoms with Crippen LogP contribution in [0.5, 0.6) is 0 Å². The van der Waals surface area contributed by atoms with Crippen molar-refractivity contribution < 1.29 is 23.6 Å². The largest absolute Gasteiger partial charge is 0.469 e. The van der Waals surface area contributed by atoms with Crippen molar-refractivity contribution >= 4 is 35.0 Å². The molecule has 1 atom stereocenters. The zero-order valence-electron chi connectivity index (χ0n) is 12.8. The molecule has 0 heterocycles. The van der Waals surface area contributed by atoms with E-state index in [0.717, 1.165) is 18.7 Å². The number of ether oxygens (including phenoxy) is 1. The lowest BCUT2D eigenvalue weighted by atomic mass is 10.1. The summed E-state index contributed by atoms with van der Waals surface area (Å²) in [4.78, 5) is 33.9. The number of nitro benzene ring substituents is 1. The highest BCUT2D eigenvalue weighted by Crippen LogP contribution is 2.46. The van der Waals surface area contributed by atoms with Crippen LogP contribution in [-0.4, -0.2) is 30.2 Å². The molecule has 1 aromatic rings. The lowest BCUT2D eigenvalue weighted by Crippen LogP contribution is -2.16. The third-order valence-corrected chi connectivity index (χ3v) is 4.55. The van der Waals surface area contributed by atoms with Crippen molar-refractivity contribution in [2.24, 2.45) is 5.92 Å². The molecule has 0 saturated heterocycles. The van der Waals surface area contributed by atoms with Crippen molar-refractivity contribution in [3.63, 3.8) is 0 Å². The van der Waals surface area contributed by atoms with Gasteiger partial charge in [0, 0.05) is 6.92 Å². The molecule has 124 valence electrons. The smallest absolute Gasteiger partial charge is 0.309 e. The molecule has 1 N–H and O–H groups in total. The summed E-state index contributed by atoms with van der Waals surface area (Å²) in [5.41, 5.74) is -0.268. The van der Waals surface area contributed by atoms with Crippen LogP contribution in [-0.2, 0) is 27.2 Å². The predicted molar refractivity (Wildman–Crippen MR) is 82.1 cm³/mol. The first-order valence-electron chi connectivity index (χ1n) is 6.72. The minimum Gasteiger partial charge on any atom is -0.469 e. The molecule has 0 saturated carbocycles. The molecule has 1 aromatic carbocycles. The molecule has 1 unspecified atom stereocenters. The average Bonchev–Trinajstić information content (AvgIpc) is 2.93. The second kappa shape index (κ2) is 6.53. The number of halogens is 1. The second-order valence-electron chi connectivity index (χ2n) is 5.09. The van der Waals surface area contributed by atoms with Crippen LogP contribution in [0.1, 0.15) is 18.1 Å². The highest BCUT2D eigenvalue weighted by atomic mass is 32.2. The number of fused-ring (bicyclic) bond motifs is 1. The van der Waals surface area contributed by atoms with E-state index in [0.29, 0.717) is 5.56 Å². The van der Waals surface area contributed by atoms with Gasteiger partial charge in [-0.2, -0.15) is 0 Å². The maximum atomic E-state index is 14.7. The molecule has 0 spiro atoms. The van der Waals surface area contributed by atoms with Gasteiger partial charge >= 0.3 is 11.7 Å². The number of nitrogens with one attached hydrogen (secondary N) is 1. The number of nitrogens with zero attached hydrogens (tertiary/aromatic N) is 1. The summed E-state index contributed by atoms with van der Waals surface area (Å²) in [5, 5.41) is 13.6. The molecule has 0 radical (unpaired) electrons. The van der Waals surface area contributed by atoms with Gasteiger partial charge in [0.15, 0.2) is 11.5 Å². The lowest BCUT2D eigenvalue weighted by molar-refractivity contribution is -0.387. The quantitative estimate of drug-likeness (QED) is 0.390. The Morgan fingerprint density at radius 1 is 1.39 bits per heavy atom. The van der Waals surface area contributed by atoms with Crippen molar-refractivity contribution in [3.8, 4) is 0 Å². The highest BCUT2D eigenvalue weighted by molar-refractivity contribution is 7.98. The molecule has 1 aliphatic rings. The first-order chi connectivity index (χ1) is 10.8. The Balaban J connectivity index is 2.68. The summed E-state index contributed by atoms with van der Waals surface area (Å²) < 4.78 is 19.4. The predicted octanol–water partition coefficient (Wildman–Crippen LogP) is 2.30. The Hall–Kier alpha value is -2.16. The van der Waals surface area contributed by atoms with Crippen LogP contribution >= 0.6 is 11.8 Å². The van der Waals surface area contributed by atoms with E-state index in [1.165, 1.54) is 7.11 Å². The van der Waals surface area contributed by atoms with E-state index in [1.54, 1.807) is 6.26 Å². The summed E-state index contributed by atoms with van der Waals surface area (Å²) in [6, 6.07) is 0. The number of anilines is 1. The van der Waals surface area contributed by atoms with Crippen molar-refractivity contribution in [2.45, 2.75) is 24.7 Å². The molecule has 0 aromatic heterocycles. The minimum atomic E-state index is -0.855. The Morgan fingerprint density at radius 2 is 2.00 bits per heavy atom. The van der Waals surface area contributed by atoms with Gasteiger partial charge in [-0.15, -0.1) is 11.8 Å². The standard InChI is InChI=1S/C14H15FN2O5S/c1-6(18)16-11-10(15)8-4-7(14(19)22-2)5-9(8)13(23-3)12(11)17(20)21/h7H,4-5H2,1-3H3,(H,16,18). The molecule has 1 amide bonds. The number of esters is 1. The number of nitro groups is 1. The fourth-order valence-electron chi connectivity index (χ4n) is 2.79. The highest BCUT2D eigenvalue weighted by Gasteiger charge is 2.38. The van der Waals surface area contributed by atoms with Gasteiger partial charge in [0.05, 0.1) is 22.8 Å².